The van der Waals surface area contributed by atoms with Crippen molar-refractivity contribution in [1.82, 2.24) is 4.90 Å². The number of rotatable bonds is 3. The van der Waals surface area contributed by atoms with Crippen LogP contribution in [0.1, 0.15) is 6.92 Å². The molecule has 0 N–H and O–H groups in total. The molecule has 70 valence electrons. The van der Waals surface area contributed by atoms with Gasteiger partial charge in [0.2, 0.25) is 0 Å². The quantitative estimate of drug-likeness (QED) is 0.629. The van der Waals surface area contributed by atoms with E-state index >= 15 is 0 Å². The van der Waals surface area contributed by atoms with Gasteiger partial charge in [0, 0.05) is 33.0 Å². The zero-order valence-electron chi connectivity index (χ0n) is 8.04. The first kappa shape index (κ1) is 9.55. The van der Waals surface area contributed by atoms with Gasteiger partial charge in [0.15, 0.2) is 0 Å². The fourth-order valence-electron chi connectivity index (χ4n) is 1.51. The molecule has 1 saturated heterocycles. The maximum atomic E-state index is 5.29. The van der Waals surface area contributed by atoms with E-state index in [-0.39, 0.29) is 12.2 Å². The molecule has 0 aliphatic carbocycles. The maximum absolute atomic E-state index is 5.29. The van der Waals surface area contributed by atoms with Crippen LogP contribution < -0.4 is 0 Å². The first-order valence-corrected chi connectivity index (χ1v) is 4.15. The molecule has 0 aromatic heterocycles. The Morgan fingerprint density at radius 1 is 1.25 bits per heavy atom. The van der Waals surface area contributed by atoms with Crippen LogP contribution in [0, 0.1) is 0 Å². The Kier molecular flexibility index (Phi) is 3.12. The molecule has 12 heavy (non-hydrogen) atoms. The monoisotopic (exact) mass is 171 g/mol. The Morgan fingerprint density at radius 2 is 1.67 bits per heavy atom. The van der Waals surface area contributed by atoms with E-state index in [1.54, 1.807) is 14.2 Å². The van der Waals surface area contributed by atoms with Gasteiger partial charge >= 0.3 is 0 Å². The molecule has 1 rings (SSSR count). The summed E-state index contributed by atoms with van der Waals surface area (Å²) in [6, 6.07) is 0. The molecule has 0 aromatic carbocycles. The molecule has 2 unspecified atom stereocenters. The van der Waals surface area contributed by atoms with Crippen LogP contribution in [0.3, 0.4) is 0 Å². The first-order valence-electron chi connectivity index (χ1n) is 4.15. The van der Waals surface area contributed by atoms with Gasteiger partial charge in [-0.3, -0.25) is 0 Å². The predicted octanol–water partition coefficient (Wildman–Crippen LogP) is 0.866. The van der Waals surface area contributed by atoms with E-state index in [0.29, 0.717) is 0 Å². The molecular formula is C9H17NO2. The lowest BCUT2D eigenvalue weighted by Gasteiger charge is -2.16. The molecule has 1 fully saturated rings. The van der Waals surface area contributed by atoms with Crippen LogP contribution in [0.25, 0.3) is 0 Å². The number of ether oxygens (including phenoxy) is 2. The number of allylic oxidation sites excluding steroid dienone is 1. The molecule has 0 spiro atoms. The van der Waals surface area contributed by atoms with Crippen molar-refractivity contribution < 1.29 is 9.47 Å². The second-order valence-electron chi connectivity index (χ2n) is 3.19. The van der Waals surface area contributed by atoms with E-state index in [9.17, 15) is 0 Å². The Bertz CT molecular complexity index is 158. The van der Waals surface area contributed by atoms with Crippen molar-refractivity contribution in [3.8, 4) is 0 Å². The molecule has 2 atom stereocenters. The summed E-state index contributed by atoms with van der Waals surface area (Å²) in [4.78, 5) is 2.18. The number of hydrogen-bond acceptors (Lipinski definition) is 3. The van der Waals surface area contributed by atoms with Crippen LogP contribution >= 0.6 is 0 Å². The summed E-state index contributed by atoms with van der Waals surface area (Å²) in [6.07, 6.45) is 0.374. The van der Waals surface area contributed by atoms with Crippen molar-refractivity contribution >= 4 is 0 Å². The summed E-state index contributed by atoms with van der Waals surface area (Å²) in [6.45, 7) is 7.68. The molecule has 1 aliphatic rings. The van der Waals surface area contributed by atoms with Crippen LogP contribution in [-0.4, -0.2) is 44.4 Å². The van der Waals surface area contributed by atoms with Crippen LogP contribution in [0.4, 0.5) is 0 Å². The van der Waals surface area contributed by atoms with Gasteiger partial charge in [-0.2, -0.15) is 0 Å². The maximum Gasteiger partial charge on any atom is 0.102 e. The van der Waals surface area contributed by atoms with Gasteiger partial charge < -0.3 is 14.4 Å². The number of hydrogen-bond donors (Lipinski definition) is 0. The number of nitrogens with zero attached hydrogens (tertiary/aromatic N) is 1. The molecule has 0 aromatic rings. The first-order chi connectivity index (χ1) is 5.69. The largest absolute Gasteiger partial charge is 0.377 e. The summed E-state index contributed by atoms with van der Waals surface area (Å²) in [5.41, 5.74) is 1.08. The third-order valence-electron chi connectivity index (χ3n) is 2.36. The second-order valence-corrected chi connectivity index (χ2v) is 3.19. The van der Waals surface area contributed by atoms with Gasteiger partial charge in [-0.15, -0.1) is 0 Å². The van der Waals surface area contributed by atoms with Gasteiger partial charge in [-0.1, -0.05) is 6.58 Å². The molecule has 3 nitrogen and oxygen atoms in total. The molecule has 0 radical (unpaired) electrons. The van der Waals surface area contributed by atoms with Crippen molar-refractivity contribution in [2.24, 2.45) is 0 Å². The lowest BCUT2D eigenvalue weighted by molar-refractivity contribution is -0.00461. The van der Waals surface area contributed by atoms with Crippen LogP contribution in [0.15, 0.2) is 12.3 Å². The Labute approximate surface area is 74.0 Å². The average molecular weight is 171 g/mol. The molecule has 1 aliphatic heterocycles. The summed E-state index contributed by atoms with van der Waals surface area (Å²) in [7, 11) is 3.44. The van der Waals surface area contributed by atoms with Crippen molar-refractivity contribution in [3.63, 3.8) is 0 Å². The minimum atomic E-state index is 0.187. The standard InChI is InChI=1S/C9H17NO2/c1-7(2)10-5-8(11-3)9(6-10)12-4/h8-9H,1,5-6H2,2-4H3. The van der Waals surface area contributed by atoms with Gasteiger partial charge in [-0.05, 0) is 6.92 Å². The topological polar surface area (TPSA) is 21.7 Å². The zero-order valence-corrected chi connectivity index (χ0v) is 8.04. The van der Waals surface area contributed by atoms with E-state index in [2.05, 4.69) is 11.5 Å². The summed E-state index contributed by atoms with van der Waals surface area (Å²) < 4.78 is 10.6. The van der Waals surface area contributed by atoms with E-state index in [4.69, 9.17) is 9.47 Å². The SMILES string of the molecule is C=C(C)N1CC(OC)C(OC)C1. The molecule has 0 bridgehead atoms. The van der Waals surface area contributed by atoms with Crippen LogP contribution in [0.2, 0.25) is 0 Å². The fraction of sp³-hybridized carbons (Fsp3) is 0.778. The highest BCUT2D eigenvalue weighted by Gasteiger charge is 2.32. The second kappa shape index (κ2) is 3.92. The Balaban J connectivity index is 2.53. The number of methoxy groups -OCH3 is 2. The minimum absolute atomic E-state index is 0.187. The van der Waals surface area contributed by atoms with E-state index < -0.39 is 0 Å². The molecular weight excluding hydrogens is 154 g/mol. The molecule has 0 saturated carbocycles. The highest BCUT2D eigenvalue weighted by Crippen LogP contribution is 2.18. The minimum Gasteiger partial charge on any atom is -0.377 e. The fourth-order valence-corrected chi connectivity index (χ4v) is 1.51. The third-order valence-corrected chi connectivity index (χ3v) is 2.36. The van der Waals surface area contributed by atoms with Crippen molar-refractivity contribution in [2.75, 3.05) is 27.3 Å². The average Bonchev–Trinajstić information content (AvgIpc) is 2.46. The van der Waals surface area contributed by atoms with Crippen LogP contribution in [-0.2, 0) is 9.47 Å². The molecule has 3 heteroatoms. The number of likely N-dealkylation sites (tertiary alicyclic amines) is 1. The predicted molar refractivity (Wildman–Crippen MR) is 48.0 cm³/mol. The Morgan fingerprint density at radius 3 is 1.92 bits per heavy atom. The lowest BCUT2D eigenvalue weighted by atomic mass is 10.3. The highest BCUT2D eigenvalue weighted by atomic mass is 16.5. The van der Waals surface area contributed by atoms with Crippen molar-refractivity contribution in [2.45, 2.75) is 19.1 Å². The van der Waals surface area contributed by atoms with Crippen LogP contribution in [0.5, 0.6) is 0 Å². The normalized spacial score (nSPS) is 29.4. The molecule has 0 amide bonds. The summed E-state index contributed by atoms with van der Waals surface area (Å²) >= 11 is 0. The van der Waals surface area contributed by atoms with Gasteiger partial charge in [0.25, 0.3) is 0 Å². The smallest absolute Gasteiger partial charge is 0.102 e. The highest BCUT2D eigenvalue weighted by molar-refractivity contribution is 4.98. The third kappa shape index (κ3) is 1.79. The van der Waals surface area contributed by atoms with Gasteiger partial charge in [-0.25, -0.2) is 0 Å². The van der Waals surface area contributed by atoms with Gasteiger partial charge in [0.05, 0.1) is 0 Å². The van der Waals surface area contributed by atoms with E-state index in [1.807, 2.05) is 6.92 Å². The Hall–Kier alpha value is -0.540. The summed E-state index contributed by atoms with van der Waals surface area (Å²) in [5.74, 6) is 0. The zero-order chi connectivity index (χ0) is 9.14. The summed E-state index contributed by atoms with van der Waals surface area (Å²) in [5, 5.41) is 0. The van der Waals surface area contributed by atoms with Gasteiger partial charge in [0.1, 0.15) is 12.2 Å². The lowest BCUT2D eigenvalue weighted by Crippen LogP contribution is -2.27. The van der Waals surface area contributed by atoms with Crippen molar-refractivity contribution in [1.29, 1.82) is 0 Å². The van der Waals surface area contributed by atoms with E-state index in [1.165, 1.54) is 0 Å². The van der Waals surface area contributed by atoms with Crippen molar-refractivity contribution in [3.05, 3.63) is 12.3 Å². The molecule has 1 heterocycles. The van der Waals surface area contributed by atoms with E-state index in [0.717, 1.165) is 18.8 Å².